The van der Waals surface area contributed by atoms with Crippen LogP contribution < -0.4 is 5.32 Å². The van der Waals surface area contributed by atoms with Crippen LogP contribution in [0.15, 0.2) is 24.5 Å². The lowest BCUT2D eigenvalue weighted by Crippen LogP contribution is -2.12. The van der Waals surface area contributed by atoms with Crippen molar-refractivity contribution in [2.24, 2.45) is 0 Å². The molecule has 0 radical (unpaired) electrons. The average molecular weight is 242 g/mol. The predicted octanol–water partition coefficient (Wildman–Crippen LogP) is 2.75. The summed E-state index contributed by atoms with van der Waals surface area (Å²) in [6.45, 7) is 5.34. The van der Waals surface area contributed by atoms with Crippen molar-refractivity contribution in [3.8, 4) is 5.69 Å². The van der Waals surface area contributed by atoms with E-state index in [1.54, 1.807) is 6.33 Å². The molecule has 4 nitrogen and oxygen atoms in total. The fourth-order valence-corrected chi connectivity index (χ4v) is 2.44. The van der Waals surface area contributed by atoms with Crippen molar-refractivity contribution in [1.82, 2.24) is 14.8 Å². The monoisotopic (exact) mass is 242 g/mol. The lowest BCUT2D eigenvalue weighted by Gasteiger charge is -2.19. The van der Waals surface area contributed by atoms with Gasteiger partial charge >= 0.3 is 0 Å². The van der Waals surface area contributed by atoms with E-state index in [2.05, 4.69) is 52.1 Å². The molecule has 3 rings (SSSR count). The van der Waals surface area contributed by atoms with Gasteiger partial charge in [-0.2, -0.15) is 0 Å². The van der Waals surface area contributed by atoms with Crippen LogP contribution >= 0.6 is 0 Å². The maximum Gasteiger partial charge on any atom is 0.139 e. The molecular weight excluding hydrogens is 224 g/mol. The van der Waals surface area contributed by atoms with Gasteiger partial charge in [0.1, 0.15) is 12.2 Å². The number of fused-ring (bicyclic) bond motifs is 1. The molecule has 18 heavy (non-hydrogen) atoms. The van der Waals surface area contributed by atoms with Crippen LogP contribution in [-0.4, -0.2) is 21.3 Å². The van der Waals surface area contributed by atoms with E-state index in [9.17, 15) is 0 Å². The largest absolute Gasteiger partial charge is 0.385 e. The Labute approximate surface area is 107 Å². The van der Waals surface area contributed by atoms with Gasteiger partial charge in [0.05, 0.1) is 5.69 Å². The molecule has 1 aromatic carbocycles. The summed E-state index contributed by atoms with van der Waals surface area (Å²) < 4.78 is 2.07. The van der Waals surface area contributed by atoms with Crippen molar-refractivity contribution in [3.05, 3.63) is 35.9 Å². The first kappa shape index (κ1) is 11.3. The van der Waals surface area contributed by atoms with Crippen LogP contribution in [0.2, 0.25) is 0 Å². The van der Waals surface area contributed by atoms with Gasteiger partial charge in [0, 0.05) is 18.2 Å². The second-order valence-electron chi connectivity index (χ2n) is 5.09. The Kier molecular flexibility index (Phi) is 2.78. The highest BCUT2D eigenvalue weighted by Gasteiger charge is 2.13. The van der Waals surface area contributed by atoms with Crippen LogP contribution in [0.5, 0.6) is 0 Å². The van der Waals surface area contributed by atoms with E-state index in [1.807, 2.05) is 0 Å². The summed E-state index contributed by atoms with van der Waals surface area (Å²) in [6, 6.07) is 6.56. The Hall–Kier alpha value is -1.84. The number of anilines is 1. The third-order valence-corrected chi connectivity index (χ3v) is 3.40. The highest BCUT2D eigenvalue weighted by atomic mass is 15.3. The number of hydrogen-bond donors (Lipinski definition) is 1. The van der Waals surface area contributed by atoms with E-state index in [1.165, 1.54) is 24.1 Å². The van der Waals surface area contributed by atoms with Crippen LogP contribution in [0.1, 0.15) is 37.6 Å². The number of aryl methyl sites for hydroxylation is 1. The highest BCUT2D eigenvalue weighted by molar-refractivity contribution is 5.58. The number of nitrogens with zero attached hydrogens (tertiary/aromatic N) is 3. The summed E-state index contributed by atoms with van der Waals surface area (Å²) in [5.74, 6) is 1.38. The van der Waals surface area contributed by atoms with Gasteiger partial charge in [0.25, 0.3) is 0 Å². The number of hydrogen-bond acceptors (Lipinski definition) is 3. The van der Waals surface area contributed by atoms with Gasteiger partial charge in [-0.15, -0.1) is 10.2 Å². The fraction of sp³-hybridized carbons (Fsp3) is 0.429. The molecule has 1 aliphatic heterocycles. The Morgan fingerprint density at radius 2 is 2.22 bits per heavy atom. The molecule has 0 amide bonds. The molecular formula is C14H18N4. The van der Waals surface area contributed by atoms with E-state index in [-0.39, 0.29) is 0 Å². The molecule has 0 aliphatic carbocycles. The van der Waals surface area contributed by atoms with Gasteiger partial charge in [0.15, 0.2) is 0 Å². The Balaban J connectivity index is 2.04. The van der Waals surface area contributed by atoms with Gasteiger partial charge in [-0.25, -0.2) is 0 Å². The van der Waals surface area contributed by atoms with Crippen LogP contribution in [0.25, 0.3) is 5.69 Å². The Bertz CT molecular complexity index is 557. The third kappa shape index (κ3) is 1.88. The Morgan fingerprint density at radius 3 is 3.06 bits per heavy atom. The summed E-state index contributed by atoms with van der Waals surface area (Å²) >= 11 is 0. The zero-order valence-electron chi connectivity index (χ0n) is 10.8. The lowest BCUT2D eigenvalue weighted by atomic mass is 10.0. The minimum Gasteiger partial charge on any atom is -0.385 e. The smallest absolute Gasteiger partial charge is 0.139 e. The molecule has 0 saturated carbocycles. The van der Waals surface area contributed by atoms with Crippen molar-refractivity contribution in [2.45, 2.75) is 32.6 Å². The zero-order chi connectivity index (χ0) is 12.5. The average Bonchev–Trinajstić information content (AvgIpc) is 2.87. The van der Waals surface area contributed by atoms with Crippen LogP contribution in [0.4, 0.5) is 5.69 Å². The highest BCUT2D eigenvalue weighted by Crippen LogP contribution is 2.26. The summed E-state index contributed by atoms with van der Waals surface area (Å²) in [5.41, 5.74) is 3.79. The van der Waals surface area contributed by atoms with Gasteiger partial charge in [0.2, 0.25) is 0 Å². The second-order valence-corrected chi connectivity index (χ2v) is 5.09. The molecule has 1 aromatic heterocycles. The van der Waals surface area contributed by atoms with Crippen molar-refractivity contribution < 1.29 is 0 Å². The summed E-state index contributed by atoms with van der Waals surface area (Å²) in [6.07, 6.45) is 4.18. The van der Waals surface area contributed by atoms with Crippen molar-refractivity contribution in [1.29, 1.82) is 0 Å². The number of nitrogens with one attached hydrogen (secondary N) is 1. The van der Waals surface area contributed by atoms with E-state index >= 15 is 0 Å². The maximum absolute atomic E-state index is 4.20. The second kappa shape index (κ2) is 4.44. The van der Waals surface area contributed by atoms with E-state index in [0.717, 1.165) is 18.1 Å². The summed E-state index contributed by atoms with van der Waals surface area (Å²) in [7, 11) is 0. The van der Waals surface area contributed by atoms with Gasteiger partial charge < -0.3 is 5.32 Å². The normalized spacial score (nSPS) is 14.4. The van der Waals surface area contributed by atoms with E-state index < -0.39 is 0 Å². The predicted molar refractivity (Wildman–Crippen MR) is 72.3 cm³/mol. The molecule has 2 heterocycles. The molecule has 2 aromatic rings. The number of aromatic nitrogens is 3. The minimum absolute atomic E-state index is 0.372. The number of rotatable bonds is 2. The molecule has 0 fully saturated rings. The van der Waals surface area contributed by atoms with Gasteiger partial charge in [-0.1, -0.05) is 19.9 Å². The molecule has 0 atom stereocenters. The van der Waals surface area contributed by atoms with Gasteiger partial charge in [-0.05, 0) is 30.5 Å². The maximum atomic E-state index is 4.20. The lowest BCUT2D eigenvalue weighted by molar-refractivity contribution is 0.744. The zero-order valence-corrected chi connectivity index (χ0v) is 10.8. The molecule has 4 heteroatoms. The first-order valence-electron chi connectivity index (χ1n) is 6.53. The molecule has 94 valence electrons. The van der Waals surface area contributed by atoms with Crippen LogP contribution in [0, 0.1) is 0 Å². The molecule has 0 bridgehead atoms. The molecule has 0 spiro atoms. The van der Waals surface area contributed by atoms with Crippen LogP contribution in [0.3, 0.4) is 0 Å². The van der Waals surface area contributed by atoms with Crippen LogP contribution in [-0.2, 0) is 6.42 Å². The van der Waals surface area contributed by atoms with E-state index in [4.69, 9.17) is 0 Å². The Morgan fingerprint density at radius 1 is 1.33 bits per heavy atom. The van der Waals surface area contributed by atoms with Crippen molar-refractivity contribution in [2.75, 3.05) is 11.9 Å². The first-order valence-corrected chi connectivity index (χ1v) is 6.53. The fourth-order valence-electron chi connectivity index (χ4n) is 2.44. The first-order chi connectivity index (χ1) is 8.75. The van der Waals surface area contributed by atoms with Crippen molar-refractivity contribution >= 4 is 5.69 Å². The molecule has 1 aliphatic rings. The SMILES string of the molecule is CC(C)c1nncn1-c1ccc2c(c1)NCCC2. The van der Waals surface area contributed by atoms with Gasteiger partial charge in [-0.3, -0.25) is 4.57 Å². The minimum atomic E-state index is 0.372. The summed E-state index contributed by atoms with van der Waals surface area (Å²) in [5, 5.41) is 11.7. The molecule has 1 N–H and O–H groups in total. The standard InChI is InChI=1S/C14H18N4/c1-10(2)14-17-16-9-18(14)12-6-5-11-4-3-7-15-13(11)8-12/h5-6,8-10,15H,3-4,7H2,1-2H3. The number of benzene rings is 1. The summed E-state index contributed by atoms with van der Waals surface area (Å²) in [4.78, 5) is 0. The molecule has 0 saturated heterocycles. The quantitative estimate of drug-likeness (QED) is 0.880. The topological polar surface area (TPSA) is 42.7 Å². The van der Waals surface area contributed by atoms with E-state index in [0.29, 0.717) is 5.92 Å². The van der Waals surface area contributed by atoms with Crippen molar-refractivity contribution in [3.63, 3.8) is 0 Å². The molecule has 0 unspecified atom stereocenters. The third-order valence-electron chi connectivity index (χ3n) is 3.40.